The average Bonchev–Trinajstić information content (AvgIpc) is 3.27. The van der Waals surface area contributed by atoms with Crippen molar-refractivity contribution in [1.29, 1.82) is 0 Å². The molecule has 1 saturated heterocycles. The van der Waals surface area contributed by atoms with Crippen LogP contribution in [0, 0.1) is 0 Å². The number of thioether (sulfide) groups is 1. The summed E-state index contributed by atoms with van der Waals surface area (Å²) >= 11 is 1.35. The molecule has 4 rings (SSSR count). The zero-order valence-electron chi connectivity index (χ0n) is 22.5. The van der Waals surface area contributed by atoms with Gasteiger partial charge in [0.05, 0.1) is 0 Å². The van der Waals surface area contributed by atoms with E-state index in [4.69, 9.17) is 9.47 Å². The van der Waals surface area contributed by atoms with E-state index in [1.165, 1.54) is 11.8 Å². The largest absolute Gasteiger partial charge is 0.489 e. The van der Waals surface area contributed by atoms with Crippen LogP contribution in [0.25, 0.3) is 0 Å². The average molecular weight is 547 g/mol. The second-order valence-electron chi connectivity index (χ2n) is 10.4. The molecular weight excluding hydrogens is 512 g/mol. The molecule has 0 radical (unpaired) electrons. The molecule has 0 spiro atoms. The van der Waals surface area contributed by atoms with Crippen molar-refractivity contribution in [1.82, 2.24) is 10.2 Å². The highest BCUT2D eigenvalue weighted by atomic mass is 32.2. The lowest BCUT2D eigenvalue weighted by atomic mass is 10.0. The summed E-state index contributed by atoms with van der Waals surface area (Å²) in [6, 6.07) is 26.0. The van der Waals surface area contributed by atoms with Gasteiger partial charge in [0, 0.05) is 24.3 Å². The van der Waals surface area contributed by atoms with E-state index in [-0.39, 0.29) is 24.5 Å². The highest BCUT2D eigenvalue weighted by Gasteiger charge is 2.40. The van der Waals surface area contributed by atoms with E-state index in [1.54, 1.807) is 25.7 Å². The minimum atomic E-state index is -0.902. The van der Waals surface area contributed by atoms with Crippen LogP contribution in [0.2, 0.25) is 0 Å². The molecule has 2 atom stereocenters. The first-order chi connectivity index (χ1) is 18.7. The summed E-state index contributed by atoms with van der Waals surface area (Å²) in [5.74, 6) is 0.382. The van der Waals surface area contributed by atoms with Gasteiger partial charge in [0.1, 0.15) is 29.4 Å². The molecule has 8 heteroatoms. The highest BCUT2D eigenvalue weighted by molar-refractivity contribution is 8.00. The molecule has 0 saturated carbocycles. The molecule has 204 valence electrons. The third kappa shape index (κ3) is 8.35. The Morgan fingerprint density at radius 2 is 1.59 bits per heavy atom. The SMILES string of the molecule is CC(C)(C)OC(=O)N[C@@H](Cc1ccc(OCc2ccccc2)cc1)C(=O)N1CCC(=O)[C@@H]1Sc1ccccc1. The second kappa shape index (κ2) is 12.8. The van der Waals surface area contributed by atoms with Crippen molar-refractivity contribution in [2.75, 3.05) is 6.54 Å². The Hall–Kier alpha value is -3.78. The number of carbonyl (C=O) groups excluding carboxylic acids is 3. The van der Waals surface area contributed by atoms with Crippen molar-refractivity contribution in [2.45, 2.75) is 62.1 Å². The van der Waals surface area contributed by atoms with Crippen LogP contribution < -0.4 is 10.1 Å². The standard InChI is InChI=1S/C31H34N2O5S/c1-31(2,3)38-30(36)32-26(20-22-14-16-24(17-15-22)37-21-23-10-6-4-7-11-23)28(35)33-19-18-27(34)29(33)39-25-12-8-5-9-13-25/h4-17,26,29H,18-21H2,1-3H3,(H,32,36)/t26-,29-/m0/s1. The second-order valence-corrected chi connectivity index (χ2v) is 11.5. The smallest absolute Gasteiger partial charge is 0.408 e. The van der Waals surface area contributed by atoms with E-state index < -0.39 is 23.1 Å². The van der Waals surface area contributed by atoms with E-state index >= 15 is 0 Å². The van der Waals surface area contributed by atoms with Crippen LogP contribution in [0.5, 0.6) is 5.75 Å². The van der Waals surface area contributed by atoms with E-state index in [9.17, 15) is 14.4 Å². The maximum absolute atomic E-state index is 13.8. The van der Waals surface area contributed by atoms with Gasteiger partial charge in [-0.3, -0.25) is 9.59 Å². The van der Waals surface area contributed by atoms with Crippen LogP contribution in [-0.4, -0.2) is 46.2 Å². The lowest BCUT2D eigenvalue weighted by Crippen LogP contribution is -2.52. The summed E-state index contributed by atoms with van der Waals surface area (Å²) in [5.41, 5.74) is 1.19. The number of ether oxygens (including phenoxy) is 2. The zero-order chi connectivity index (χ0) is 27.8. The summed E-state index contributed by atoms with van der Waals surface area (Å²) in [4.78, 5) is 41.7. The molecule has 3 aromatic carbocycles. The first-order valence-corrected chi connectivity index (χ1v) is 13.9. The number of benzene rings is 3. The molecule has 2 amide bonds. The molecule has 1 aliphatic rings. The van der Waals surface area contributed by atoms with Gasteiger partial charge in [-0.25, -0.2) is 4.79 Å². The van der Waals surface area contributed by atoms with Gasteiger partial charge in [-0.05, 0) is 56.2 Å². The van der Waals surface area contributed by atoms with E-state index in [0.717, 1.165) is 16.0 Å². The fraction of sp³-hybridized carbons (Fsp3) is 0.323. The number of carbonyl (C=O) groups is 3. The summed E-state index contributed by atoms with van der Waals surface area (Å²) in [7, 11) is 0. The number of hydrogen-bond acceptors (Lipinski definition) is 6. The summed E-state index contributed by atoms with van der Waals surface area (Å²) in [6.45, 7) is 6.06. The molecule has 39 heavy (non-hydrogen) atoms. The van der Waals surface area contributed by atoms with Gasteiger partial charge >= 0.3 is 6.09 Å². The summed E-state index contributed by atoms with van der Waals surface area (Å²) in [5, 5.41) is 2.11. The number of rotatable bonds is 9. The van der Waals surface area contributed by atoms with Crippen molar-refractivity contribution >= 4 is 29.5 Å². The summed E-state index contributed by atoms with van der Waals surface area (Å²) < 4.78 is 11.3. The Morgan fingerprint density at radius 3 is 2.23 bits per heavy atom. The van der Waals surface area contributed by atoms with Crippen LogP contribution in [0.3, 0.4) is 0 Å². The van der Waals surface area contributed by atoms with Gasteiger partial charge in [0.25, 0.3) is 0 Å². The Balaban J connectivity index is 1.48. The van der Waals surface area contributed by atoms with Gasteiger partial charge in [0.2, 0.25) is 5.91 Å². The lowest BCUT2D eigenvalue weighted by molar-refractivity contribution is -0.134. The number of Topliss-reactive ketones (excluding diaryl/α,β-unsaturated/α-hetero) is 1. The third-order valence-electron chi connectivity index (χ3n) is 6.03. The molecule has 0 aromatic heterocycles. The first-order valence-electron chi connectivity index (χ1n) is 13.0. The molecule has 0 bridgehead atoms. The van der Waals surface area contributed by atoms with Crippen LogP contribution in [0.15, 0.2) is 89.8 Å². The normalized spacial score (nSPS) is 16.0. The van der Waals surface area contributed by atoms with Crippen molar-refractivity contribution < 1.29 is 23.9 Å². The van der Waals surface area contributed by atoms with Crippen LogP contribution >= 0.6 is 11.8 Å². The topological polar surface area (TPSA) is 84.9 Å². The predicted octanol–water partition coefficient (Wildman–Crippen LogP) is 5.62. The third-order valence-corrected chi connectivity index (χ3v) is 7.32. The molecule has 1 aliphatic heterocycles. The number of nitrogens with zero attached hydrogens (tertiary/aromatic N) is 1. The molecule has 0 unspecified atom stereocenters. The number of alkyl carbamates (subject to hydrolysis) is 1. The minimum absolute atomic E-state index is 0.00635. The highest BCUT2D eigenvalue weighted by Crippen LogP contribution is 2.31. The molecule has 3 aromatic rings. The Bertz CT molecular complexity index is 1260. The number of nitrogens with one attached hydrogen (secondary N) is 1. The molecule has 1 heterocycles. The van der Waals surface area contributed by atoms with Gasteiger partial charge in [-0.1, -0.05) is 72.4 Å². The Morgan fingerprint density at radius 1 is 0.949 bits per heavy atom. The molecular formula is C31H34N2O5S. The van der Waals surface area contributed by atoms with Crippen molar-refractivity contribution in [3.05, 3.63) is 96.1 Å². The summed E-state index contributed by atoms with van der Waals surface area (Å²) in [6.07, 6.45) is -0.158. The Kier molecular flexibility index (Phi) is 9.30. The van der Waals surface area contributed by atoms with E-state index in [1.807, 2.05) is 84.9 Å². The predicted molar refractivity (Wildman–Crippen MR) is 152 cm³/mol. The first kappa shape index (κ1) is 28.2. The number of amides is 2. The maximum Gasteiger partial charge on any atom is 0.408 e. The minimum Gasteiger partial charge on any atom is -0.489 e. The number of ketones is 1. The lowest BCUT2D eigenvalue weighted by Gasteiger charge is -2.29. The number of hydrogen-bond donors (Lipinski definition) is 1. The zero-order valence-corrected chi connectivity index (χ0v) is 23.3. The van der Waals surface area contributed by atoms with Crippen molar-refractivity contribution in [3.8, 4) is 5.75 Å². The van der Waals surface area contributed by atoms with Gasteiger partial charge in [-0.2, -0.15) is 0 Å². The quantitative estimate of drug-likeness (QED) is 0.375. The van der Waals surface area contributed by atoms with Crippen LogP contribution in [0.1, 0.15) is 38.3 Å². The van der Waals surface area contributed by atoms with Crippen molar-refractivity contribution in [3.63, 3.8) is 0 Å². The van der Waals surface area contributed by atoms with Crippen molar-refractivity contribution in [2.24, 2.45) is 0 Å². The van der Waals surface area contributed by atoms with Crippen LogP contribution in [0.4, 0.5) is 4.79 Å². The molecule has 0 aliphatic carbocycles. The van der Waals surface area contributed by atoms with Gasteiger partial charge in [0.15, 0.2) is 5.78 Å². The molecule has 7 nitrogen and oxygen atoms in total. The van der Waals surface area contributed by atoms with E-state index in [0.29, 0.717) is 18.9 Å². The molecule has 1 N–H and O–H groups in total. The monoisotopic (exact) mass is 546 g/mol. The van der Waals surface area contributed by atoms with Gasteiger partial charge in [-0.15, -0.1) is 0 Å². The van der Waals surface area contributed by atoms with E-state index in [2.05, 4.69) is 5.32 Å². The maximum atomic E-state index is 13.8. The van der Waals surface area contributed by atoms with Gasteiger partial charge < -0.3 is 19.7 Å². The Labute approximate surface area is 233 Å². The molecule has 1 fully saturated rings. The van der Waals surface area contributed by atoms with Crippen LogP contribution in [-0.2, 0) is 27.4 Å². The fourth-order valence-corrected chi connectivity index (χ4v) is 5.33. The fourth-order valence-electron chi connectivity index (χ4n) is 4.18. The number of likely N-dealkylation sites (tertiary alicyclic amines) is 1.